The maximum Gasteiger partial charge on any atom is 0.225 e. The highest BCUT2D eigenvalue weighted by molar-refractivity contribution is 6.30. The third-order valence-corrected chi connectivity index (χ3v) is 7.61. The molecule has 5 rings (SSSR count). The molecule has 1 N–H and O–H groups in total. The lowest BCUT2D eigenvalue weighted by Crippen LogP contribution is -2.84. The van der Waals surface area contributed by atoms with Gasteiger partial charge in [-0.2, -0.15) is 0 Å². The molecule has 0 unspecified atom stereocenters. The number of halogens is 1. The predicted molar refractivity (Wildman–Crippen MR) is 120 cm³/mol. The minimum Gasteiger partial charge on any atom is -0.395 e. The van der Waals surface area contributed by atoms with Crippen molar-refractivity contribution in [2.24, 2.45) is 5.92 Å². The lowest BCUT2D eigenvalue weighted by molar-refractivity contribution is -0.203. The molecule has 0 aliphatic carbocycles. The van der Waals surface area contributed by atoms with Crippen LogP contribution in [0.3, 0.4) is 0 Å². The standard InChI is InChI=1S/C25H29ClN2O3/c26-21-8-6-18(7-9-21)14-28-22(15-29)23(19-4-2-1-3-5-19)25(28)16-27(17-25)24(30)20-10-12-31-13-11-20/h1-9,20,22-23,29H,10-17H2/t22-,23+/m1/s1. The summed E-state index contributed by atoms with van der Waals surface area (Å²) in [6.07, 6.45) is 1.64. The topological polar surface area (TPSA) is 53.0 Å². The quantitative estimate of drug-likeness (QED) is 0.775. The molecule has 2 atom stereocenters. The summed E-state index contributed by atoms with van der Waals surface area (Å²) in [6, 6.07) is 18.4. The van der Waals surface area contributed by atoms with Crippen LogP contribution in [0.4, 0.5) is 0 Å². The second-order valence-electron chi connectivity index (χ2n) is 9.08. The summed E-state index contributed by atoms with van der Waals surface area (Å²) in [5.41, 5.74) is 2.28. The van der Waals surface area contributed by atoms with Crippen LogP contribution in [-0.2, 0) is 16.1 Å². The van der Waals surface area contributed by atoms with Crippen molar-refractivity contribution >= 4 is 17.5 Å². The van der Waals surface area contributed by atoms with Gasteiger partial charge in [-0.25, -0.2) is 0 Å². The number of rotatable bonds is 5. The molecule has 31 heavy (non-hydrogen) atoms. The second-order valence-corrected chi connectivity index (χ2v) is 9.51. The largest absolute Gasteiger partial charge is 0.395 e. The summed E-state index contributed by atoms with van der Waals surface area (Å²) >= 11 is 6.07. The van der Waals surface area contributed by atoms with Crippen LogP contribution < -0.4 is 0 Å². The van der Waals surface area contributed by atoms with Crippen LogP contribution in [0.2, 0.25) is 5.02 Å². The van der Waals surface area contributed by atoms with Gasteiger partial charge < -0.3 is 14.7 Å². The fourth-order valence-electron chi connectivity index (χ4n) is 5.77. The van der Waals surface area contributed by atoms with Crippen LogP contribution in [0.15, 0.2) is 54.6 Å². The van der Waals surface area contributed by atoms with Crippen molar-refractivity contribution in [1.82, 2.24) is 9.80 Å². The van der Waals surface area contributed by atoms with E-state index in [1.807, 2.05) is 35.2 Å². The number of nitrogens with zero attached hydrogens (tertiary/aromatic N) is 2. The number of aliphatic hydroxyl groups excluding tert-OH is 1. The van der Waals surface area contributed by atoms with Gasteiger partial charge in [0.05, 0.1) is 12.1 Å². The molecule has 0 bridgehead atoms. The van der Waals surface area contributed by atoms with Gasteiger partial charge in [-0.05, 0) is 36.1 Å². The molecular formula is C25H29ClN2O3. The Morgan fingerprint density at radius 1 is 1.06 bits per heavy atom. The number of carbonyl (C=O) groups is 1. The number of hydrogen-bond acceptors (Lipinski definition) is 4. The molecule has 6 heteroatoms. The van der Waals surface area contributed by atoms with Crippen molar-refractivity contribution in [3.05, 3.63) is 70.7 Å². The monoisotopic (exact) mass is 440 g/mol. The minimum absolute atomic E-state index is 0.0402. The fraction of sp³-hybridized carbons (Fsp3) is 0.480. The van der Waals surface area contributed by atoms with Gasteiger partial charge in [0.25, 0.3) is 0 Å². The second kappa shape index (κ2) is 8.55. The molecule has 0 radical (unpaired) electrons. The van der Waals surface area contributed by atoms with Crippen LogP contribution in [0.25, 0.3) is 0 Å². The number of benzene rings is 2. The van der Waals surface area contributed by atoms with Crippen molar-refractivity contribution in [3.8, 4) is 0 Å². The van der Waals surface area contributed by atoms with Crippen molar-refractivity contribution in [1.29, 1.82) is 0 Å². The van der Waals surface area contributed by atoms with Gasteiger partial charge in [-0.15, -0.1) is 0 Å². The summed E-state index contributed by atoms with van der Waals surface area (Å²) in [4.78, 5) is 17.5. The number of hydrogen-bond donors (Lipinski definition) is 1. The van der Waals surface area contributed by atoms with E-state index < -0.39 is 0 Å². The Morgan fingerprint density at radius 3 is 2.39 bits per heavy atom. The Kier molecular flexibility index (Phi) is 5.78. The Balaban J connectivity index is 1.39. The lowest BCUT2D eigenvalue weighted by Gasteiger charge is -2.71. The third kappa shape index (κ3) is 3.68. The zero-order valence-corrected chi connectivity index (χ0v) is 18.4. The average Bonchev–Trinajstić information content (AvgIpc) is 2.78. The summed E-state index contributed by atoms with van der Waals surface area (Å²) in [6.45, 7) is 3.63. The van der Waals surface area contributed by atoms with Gasteiger partial charge in [-0.3, -0.25) is 9.69 Å². The Labute approximate surface area is 188 Å². The van der Waals surface area contributed by atoms with Gasteiger partial charge in [0.1, 0.15) is 0 Å². The minimum atomic E-state index is -0.130. The summed E-state index contributed by atoms with van der Waals surface area (Å²) in [5.74, 6) is 0.559. The highest BCUT2D eigenvalue weighted by Crippen LogP contribution is 2.54. The van der Waals surface area contributed by atoms with Gasteiger partial charge >= 0.3 is 0 Å². The zero-order valence-electron chi connectivity index (χ0n) is 17.6. The van der Waals surface area contributed by atoms with E-state index in [9.17, 15) is 9.90 Å². The predicted octanol–water partition coefficient (Wildman–Crippen LogP) is 3.31. The highest BCUT2D eigenvalue weighted by Gasteiger charge is 2.66. The molecule has 0 saturated carbocycles. The lowest BCUT2D eigenvalue weighted by atomic mass is 9.60. The van der Waals surface area contributed by atoms with Gasteiger partial charge in [-0.1, -0.05) is 54.1 Å². The Bertz CT molecular complexity index is 908. The molecule has 5 nitrogen and oxygen atoms in total. The molecule has 1 spiro atoms. The SMILES string of the molecule is O=C(C1CCOCC1)N1CC2(C1)[C@@H](c1ccccc1)[C@@H](CO)N2Cc1ccc(Cl)cc1. The molecule has 164 valence electrons. The van der Waals surface area contributed by atoms with Gasteiger partial charge in [0.15, 0.2) is 0 Å². The number of aliphatic hydroxyl groups is 1. The van der Waals surface area contributed by atoms with E-state index in [1.165, 1.54) is 11.1 Å². The molecule has 2 aromatic rings. The molecule has 3 aliphatic heterocycles. The highest BCUT2D eigenvalue weighted by atomic mass is 35.5. The third-order valence-electron chi connectivity index (χ3n) is 7.36. The summed E-state index contributed by atoms with van der Waals surface area (Å²) in [7, 11) is 0. The first-order valence-electron chi connectivity index (χ1n) is 11.2. The molecule has 1 amide bonds. The van der Waals surface area contributed by atoms with E-state index >= 15 is 0 Å². The van der Waals surface area contributed by atoms with E-state index in [1.54, 1.807) is 0 Å². The zero-order chi connectivity index (χ0) is 21.4. The molecule has 0 aromatic heterocycles. The first-order valence-corrected chi connectivity index (χ1v) is 11.5. The normalized spacial score (nSPS) is 25.8. The van der Waals surface area contributed by atoms with Crippen LogP contribution in [0, 0.1) is 5.92 Å². The number of carbonyl (C=O) groups excluding carboxylic acids is 1. The van der Waals surface area contributed by atoms with Crippen LogP contribution >= 0.6 is 11.6 Å². The number of ether oxygens (including phenoxy) is 1. The van der Waals surface area contributed by atoms with Crippen LogP contribution in [0.1, 0.15) is 29.9 Å². The van der Waals surface area contributed by atoms with E-state index in [-0.39, 0.29) is 35.9 Å². The van der Waals surface area contributed by atoms with E-state index in [4.69, 9.17) is 16.3 Å². The van der Waals surface area contributed by atoms with Gasteiger partial charge in [0.2, 0.25) is 5.91 Å². The van der Waals surface area contributed by atoms with Crippen LogP contribution in [0.5, 0.6) is 0 Å². The molecular weight excluding hydrogens is 412 g/mol. The van der Waals surface area contributed by atoms with Crippen molar-refractivity contribution in [3.63, 3.8) is 0 Å². The molecule has 2 aromatic carbocycles. The van der Waals surface area contributed by atoms with E-state index in [0.29, 0.717) is 26.3 Å². The maximum absolute atomic E-state index is 13.1. The molecule has 3 aliphatic rings. The first kappa shape index (κ1) is 21.0. The first-order chi connectivity index (χ1) is 15.1. The van der Waals surface area contributed by atoms with Gasteiger partial charge in [0, 0.05) is 55.7 Å². The van der Waals surface area contributed by atoms with Crippen LogP contribution in [-0.4, -0.2) is 65.3 Å². The maximum atomic E-state index is 13.1. The van der Waals surface area contributed by atoms with E-state index in [2.05, 4.69) is 29.2 Å². The Morgan fingerprint density at radius 2 is 1.74 bits per heavy atom. The van der Waals surface area contributed by atoms with E-state index in [0.717, 1.165) is 24.4 Å². The Hall–Kier alpha value is -1.92. The smallest absolute Gasteiger partial charge is 0.225 e. The van der Waals surface area contributed by atoms with Crippen molar-refractivity contribution < 1.29 is 14.6 Å². The number of amides is 1. The summed E-state index contributed by atoms with van der Waals surface area (Å²) in [5, 5.41) is 11.0. The molecule has 3 saturated heterocycles. The van der Waals surface area contributed by atoms with Crippen molar-refractivity contribution in [2.75, 3.05) is 32.9 Å². The molecule has 3 fully saturated rings. The number of likely N-dealkylation sites (tertiary alicyclic amines) is 2. The van der Waals surface area contributed by atoms with Crippen molar-refractivity contribution in [2.45, 2.75) is 36.9 Å². The fourth-order valence-corrected chi connectivity index (χ4v) is 5.90. The average molecular weight is 441 g/mol. The molecule has 3 heterocycles. The summed E-state index contributed by atoms with van der Waals surface area (Å²) < 4.78 is 5.43.